The van der Waals surface area contributed by atoms with Gasteiger partial charge in [-0.05, 0) is 23.7 Å². The van der Waals surface area contributed by atoms with Gasteiger partial charge in [-0.3, -0.25) is 5.10 Å². The first kappa shape index (κ1) is 8.43. The molecular weight excluding hydrogens is 208 g/mol. The number of H-pyrrole nitrogens is 1. The van der Waals surface area contributed by atoms with Crippen molar-refractivity contribution in [3.8, 4) is 11.3 Å². The van der Waals surface area contributed by atoms with Crippen LogP contribution in [-0.2, 0) is 0 Å². The Balaban J connectivity index is 2.18. The molecule has 2 aromatic heterocycles. The highest BCUT2D eigenvalue weighted by Crippen LogP contribution is 2.25. The molecule has 0 radical (unpaired) electrons. The lowest BCUT2D eigenvalue weighted by atomic mass is 10.1. The monoisotopic (exact) mass is 216 g/mol. The molecule has 0 amide bonds. The molecule has 0 saturated heterocycles. The number of hydrogen-bond acceptors (Lipinski definition) is 4. The minimum Gasteiger partial charge on any atom is -0.382 e. The fourth-order valence-corrected chi connectivity index (χ4v) is 2.15. The Morgan fingerprint density at radius 2 is 2.20 bits per heavy atom. The Morgan fingerprint density at radius 3 is 3.00 bits per heavy atom. The van der Waals surface area contributed by atoms with Gasteiger partial charge in [-0.25, -0.2) is 0 Å². The molecule has 0 unspecified atom stereocenters. The summed E-state index contributed by atoms with van der Waals surface area (Å²) in [4.78, 5) is 0. The highest BCUT2D eigenvalue weighted by atomic mass is 32.1. The third-order valence-corrected chi connectivity index (χ3v) is 3.04. The van der Waals surface area contributed by atoms with Gasteiger partial charge in [-0.1, -0.05) is 6.07 Å². The van der Waals surface area contributed by atoms with Crippen LogP contribution in [0.25, 0.3) is 21.3 Å². The van der Waals surface area contributed by atoms with E-state index in [1.807, 2.05) is 18.3 Å². The van der Waals surface area contributed by atoms with Gasteiger partial charge >= 0.3 is 0 Å². The van der Waals surface area contributed by atoms with Crippen molar-refractivity contribution in [1.29, 1.82) is 0 Å². The molecule has 0 aliphatic heterocycles. The van der Waals surface area contributed by atoms with Crippen molar-refractivity contribution >= 4 is 27.4 Å². The summed E-state index contributed by atoms with van der Waals surface area (Å²) in [7, 11) is 0. The maximum absolute atomic E-state index is 5.56. The van der Waals surface area contributed by atoms with E-state index in [1.54, 1.807) is 0 Å². The van der Waals surface area contributed by atoms with Crippen molar-refractivity contribution < 1.29 is 0 Å². The first-order chi connectivity index (χ1) is 7.33. The molecule has 5 heteroatoms. The van der Waals surface area contributed by atoms with Crippen LogP contribution in [0.15, 0.2) is 30.5 Å². The van der Waals surface area contributed by atoms with Crippen LogP contribution in [0.3, 0.4) is 0 Å². The van der Waals surface area contributed by atoms with Crippen LogP contribution in [0.2, 0.25) is 0 Å². The summed E-state index contributed by atoms with van der Waals surface area (Å²) >= 11 is 1.50. The number of aromatic nitrogens is 3. The van der Waals surface area contributed by atoms with Gasteiger partial charge in [0.05, 0.1) is 10.4 Å². The highest BCUT2D eigenvalue weighted by Gasteiger charge is 2.03. The number of fused-ring (bicyclic) bond motifs is 1. The molecule has 3 rings (SSSR count). The van der Waals surface area contributed by atoms with E-state index in [4.69, 9.17) is 5.73 Å². The largest absolute Gasteiger partial charge is 0.382 e. The van der Waals surface area contributed by atoms with Crippen molar-refractivity contribution in [1.82, 2.24) is 14.6 Å². The molecule has 3 N–H and O–H groups in total. The number of rotatable bonds is 1. The van der Waals surface area contributed by atoms with E-state index in [2.05, 4.69) is 26.7 Å². The van der Waals surface area contributed by atoms with Gasteiger partial charge in [0, 0.05) is 23.2 Å². The maximum atomic E-state index is 5.56. The van der Waals surface area contributed by atoms with Crippen molar-refractivity contribution in [2.45, 2.75) is 0 Å². The quantitative estimate of drug-likeness (QED) is 0.655. The van der Waals surface area contributed by atoms with E-state index in [0.29, 0.717) is 5.82 Å². The zero-order valence-corrected chi connectivity index (χ0v) is 8.58. The standard InChI is InChI=1S/C10H8N4S/c11-10-4-8(13-14-10)6-1-2-9-7(3-6)5-12-15-9/h1-5H,(H3,11,13,14). The number of nitrogens with one attached hydrogen (secondary N) is 1. The number of nitrogen functional groups attached to an aromatic ring is 1. The lowest BCUT2D eigenvalue weighted by Gasteiger charge is -1.96. The topological polar surface area (TPSA) is 67.6 Å². The summed E-state index contributed by atoms with van der Waals surface area (Å²) in [5.74, 6) is 0.508. The van der Waals surface area contributed by atoms with Crippen LogP contribution in [0.1, 0.15) is 0 Å². The number of hydrogen-bond donors (Lipinski definition) is 2. The fourth-order valence-electron chi connectivity index (χ4n) is 1.53. The van der Waals surface area contributed by atoms with Crippen LogP contribution in [-0.4, -0.2) is 14.6 Å². The van der Waals surface area contributed by atoms with Gasteiger partial charge < -0.3 is 5.73 Å². The van der Waals surface area contributed by atoms with Crippen molar-refractivity contribution in [2.24, 2.45) is 0 Å². The van der Waals surface area contributed by atoms with Crippen molar-refractivity contribution in [3.05, 3.63) is 30.5 Å². The van der Waals surface area contributed by atoms with E-state index in [9.17, 15) is 0 Å². The second-order valence-electron chi connectivity index (χ2n) is 3.28. The summed E-state index contributed by atoms with van der Waals surface area (Å²) < 4.78 is 5.32. The Morgan fingerprint density at radius 1 is 1.27 bits per heavy atom. The van der Waals surface area contributed by atoms with E-state index in [-0.39, 0.29) is 0 Å². The van der Waals surface area contributed by atoms with Gasteiger partial charge in [0.25, 0.3) is 0 Å². The van der Waals surface area contributed by atoms with Crippen LogP contribution in [0.5, 0.6) is 0 Å². The molecule has 0 spiro atoms. The Labute approximate surface area is 89.9 Å². The Bertz CT molecular complexity index is 610. The summed E-state index contributed by atoms with van der Waals surface area (Å²) in [6, 6.07) is 7.99. The first-order valence-corrected chi connectivity index (χ1v) is 5.26. The SMILES string of the molecule is Nc1cc(-c2ccc3sncc3c2)[nH]n1. The molecular formula is C10H8N4S. The van der Waals surface area contributed by atoms with Crippen LogP contribution >= 0.6 is 11.5 Å². The summed E-state index contributed by atoms with van der Waals surface area (Å²) in [5, 5.41) is 7.93. The predicted molar refractivity (Wildman–Crippen MR) is 61.6 cm³/mol. The molecule has 15 heavy (non-hydrogen) atoms. The summed E-state index contributed by atoms with van der Waals surface area (Å²) in [6.07, 6.45) is 1.86. The number of benzene rings is 1. The molecule has 0 saturated carbocycles. The second-order valence-corrected chi connectivity index (χ2v) is 4.12. The average molecular weight is 216 g/mol. The molecule has 2 heterocycles. The number of nitrogens with two attached hydrogens (primary N) is 1. The summed E-state index contributed by atoms with van der Waals surface area (Å²) in [5.41, 5.74) is 7.56. The molecule has 3 aromatic rings. The van der Waals surface area contributed by atoms with Gasteiger partial charge in [-0.15, -0.1) is 0 Å². The lowest BCUT2D eigenvalue weighted by Crippen LogP contribution is -1.81. The van der Waals surface area contributed by atoms with Crippen LogP contribution in [0, 0.1) is 0 Å². The third kappa shape index (κ3) is 1.37. The van der Waals surface area contributed by atoms with Crippen molar-refractivity contribution in [2.75, 3.05) is 5.73 Å². The Hall–Kier alpha value is -1.88. The van der Waals surface area contributed by atoms with E-state index < -0.39 is 0 Å². The van der Waals surface area contributed by atoms with Gasteiger partial charge in [0.15, 0.2) is 0 Å². The van der Waals surface area contributed by atoms with Crippen LogP contribution < -0.4 is 5.73 Å². The second kappa shape index (κ2) is 3.06. The molecule has 0 fully saturated rings. The van der Waals surface area contributed by atoms with Crippen molar-refractivity contribution in [3.63, 3.8) is 0 Å². The summed E-state index contributed by atoms with van der Waals surface area (Å²) in [6.45, 7) is 0. The molecule has 0 atom stereocenters. The van der Waals surface area contributed by atoms with E-state index in [1.165, 1.54) is 16.2 Å². The number of nitrogens with zero attached hydrogens (tertiary/aromatic N) is 2. The molecule has 1 aromatic carbocycles. The van der Waals surface area contributed by atoms with Gasteiger partial charge in [0.1, 0.15) is 5.82 Å². The minimum absolute atomic E-state index is 0.508. The van der Waals surface area contributed by atoms with E-state index >= 15 is 0 Å². The number of aromatic amines is 1. The van der Waals surface area contributed by atoms with Crippen LogP contribution in [0.4, 0.5) is 5.82 Å². The Kier molecular flexibility index (Phi) is 1.72. The molecule has 0 aliphatic carbocycles. The van der Waals surface area contributed by atoms with E-state index in [0.717, 1.165) is 16.6 Å². The molecule has 74 valence electrons. The average Bonchev–Trinajstić information content (AvgIpc) is 2.84. The maximum Gasteiger partial charge on any atom is 0.145 e. The highest BCUT2D eigenvalue weighted by molar-refractivity contribution is 7.13. The smallest absolute Gasteiger partial charge is 0.145 e. The number of anilines is 1. The molecule has 0 aliphatic rings. The fraction of sp³-hybridized carbons (Fsp3) is 0. The predicted octanol–water partition coefficient (Wildman–Crippen LogP) is 2.27. The first-order valence-electron chi connectivity index (χ1n) is 4.48. The lowest BCUT2D eigenvalue weighted by molar-refractivity contribution is 1.10. The zero-order valence-electron chi connectivity index (χ0n) is 7.77. The zero-order chi connectivity index (χ0) is 10.3. The third-order valence-electron chi connectivity index (χ3n) is 2.26. The molecule has 0 bridgehead atoms. The van der Waals surface area contributed by atoms with Gasteiger partial charge in [-0.2, -0.15) is 9.47 Å². The molecule has 4 nitrogen and oxygen atoms in total. The normalized spacial score (nSPS) is 10.9. The minimum atomic E-state index is 0.508. The van der Waals surface area contributed by atoms with Gasteiger partial charge in [0.2, 0.25) is 0 Å².